The zero-order valence-corrected chi connectivity index (χ0v) is 15.6. The van der Waals surface area contributed by atoms with Crippen molar-refractivity contribution in [2.24, 2.45) is 5.92 Å². The number of amides is 1. The number of nitrogens with zero attached hydrogens (tertiary/aromatic N) is 1. The largest absolute Gasteiger partial charge is 0.486 e. The zero-order chi connectivity index (χ0) is 19.3. The molecule has 1 amide bonds. The first-order chi connectivity index (χ1) is 13.7. The summed E-state index contributed by atoms with van der Waals surface area (Å²) < 4.78 is 16.5. The van der Waals surface area contributed by atoms with E-state index in [-0.39, 0.29) is 24.4 Å². The van der Waals surface area contributed by atoms with Crippen LogP contribution in [0.2, 0.25) is 0 Å². The summed E-state index contributed by atoms with van der Waals surface area (Å²) in [5.74, 6) is 1.30. The second kappa shape index (κ2) is 8.33. The summed E-state index contributed by atoms with van der Waals surface area (Å²) in [7, 11) is 0. The second-order valence-electron chi connectivity index (χ2n) is 7.02. The third kappa shape index (κ3) is 4.11. The summed E-state index contributed by atoms with van der Waals surface area (Å²) in [6.45, 7) is 2.33. The smallest absolute Gasteiger partial charge is 0.410 e. The highest BCUT2D eigenvalue weighted by molar-refractivity contribution is 5.98. The van der Waals surface area contributed by atoms with Crippen molar-refractivity contribution < 1.29 is 23.8 Å². The van der Waals surface area contributed by atoms with Gasteiger partial charge in [-0.1, -0.05) is 30.3 Å². The lowest BCUT2D eigenvalue weighted by molar-refractivity contribution is 0.0712. The van der Waals surface area contributed by atoms with Gasteiger partial charge in [-0.2, -0.15) is 0 Å². The quantitative estimate of drug-likeness (QED) is 0.756. The van der Waals surface area contributed by atoms with Gasteiger partial charge in [-0.05, 0) is 36.6 Å². The average Bonchev–Trinajstić information content (AvgIpc) is 2.77. The molecule has 0 N–H and O–H groups in total. The van der Waals surface area contributed by atoms with Crippen LogP contribution < -0.4 is 9.47 Å². The summed E-state index contributed by atoms with van der Waals surface area (Å²) in [5.41, 5.74) is 1.59. The predicted molar refractivity (Wildman–Crippen MR) is 103 cm³/mol. The number of ketones is 1. The molecule has 2 aliphatic heterocycles. The van der Waals surface area contributed by atoms with E-state index in [2.05, 4.69) is 0 Å². The Bertz CT molecular complexity index is 843. The van der Waals surface area contributed by atoms with Gasteiger partial charge in [0.25, 0.3) is 0 Å². The van der Waals surface area contributed by atoms with E-state index < -0.39 is 0 Å². The second-order valence-corrected chi connectivity index (χ2v) is 7.02. The van der Waals surface area contributed by atoms with Gasteiger partial charge in [-0.15, -0.1) is 0 Å². The average molecular weight is 381 g/mol. The molecule has 0 unspecified atom stereocenters. The van der Waals surface area contributed by atoms with E-state index in [9.17, 15) is 9.59 Å². The lowest BCUT2D eigenvalue weighted by Crippen LogP contribution is -2.40. The predicted octanol–water partition coefficient (Wildman–Crippen LogP) is 3.69. The van der Waals surface area contributed by atoms with Crippen LogP contribution in [0.15, 0.2) is 48.5 Å². The van der Waals surface area contributed by atoms with Crippen molar-refractivity contribution >= 4 is 11.9 Å². The molecule has 2 aromatic rings. The molecule has 146 valence electrons. The Labute approximate surface area is 164 Å². The van der Waals surface area contributed by atoms with Crippen molar-refractivity contribution in [1.29, 1.82) is 0 Å². The number of piperidine rings is 1. The van der Waals surface area contributed by atoms with Crippen LogP contribution in [-0.2, 0) is 11.3 Å². The summed E-state index contributed by atoms with van der Waals surface area (Å²) in [6, 6.07) is 14.9. The molecule has 4 rings (SSSR count). The van der Waals surface area contributed by atoms with E-state index >= 15 is 0 Å². The maximum Gasteiger partial charge on any atom is 0.410 e. The van der Waals surface area contributed by atoms with Gasteiger partial charge in [-0.25, -0.2) is 4.79 Å². The number of benzene rings is 2. The minimum Gasteiger partial charge on any atom is -0.486 e. The minimum absolute atomic E-state index is 0.0919. The van der Waals surface area contributed by atoms with Crippen LogP contribution in [0.1, 0.15) is 28.8 Å². The molecule has 2 heterocycles. The van der Waals surface area contributed by atoms with E-state index in [1.165, 1.54) is 0 Å². The number of rotatable bonds is 4. The van der Waals surface area contributed by atoms with Gasteiger partial charge in [-0.3, -0.25) is 4.79 Å². The number of ether oxygens (including phenoxy) is 3. The Morgan fingerprint density at radius 2 is 1.68 bits per heavy atom. The molecular formula is C22H23NO5. The first-order valence-electron chi connectivity index (χ1n) is 9.60. The van der Waals surface area contributed by atoms with E-state index in [0.29, 0.717) is 56.2 Å². The Morgan fingerprint density at radius 3 is 2.43 bits per heavy atom. The highest BCUT2D eigenvalue weighted by Crippen LogP contribution is 2.32. The Hall–Kier alpha value is -3.02. The van der Waals surface area contributed by atoms with Crippen molar-refractivity contribution in [3.05, 3.63) is 59.7 Å². The molecule has 6 heteroatoms. The number of hydrogen-bond acceptors (Lipinski definition) is 5. The Balaban J connectivity index is 1.30. The van der Waals surface area contributed by atoms with Gasteiger partial charge in [0.15, 0.2) is 17.3 Å². The molecule has 0 spiro atoms. The zero-order valence-electron chi connectivity index (χ0n) is 15.6. The van der Waals surface area contributed by atoms with Gasteiger partial charge in [0, 0.05) is 24.6 Å². The molecule has 0 atom stereocenters. The first-order valence-corrected chi connectivity index (χ1v) is 9.60. The van der Waals surface area contributed by atoms with Crippen LogP contribution in [-0.4, -0.2) is 43.1 Å². The third-order valence-electron chi connectivity index (χ3n) is 5.16. The molecular weight excluding hydrogens is 358 g/mol. The fourth-order valence-corrected chi connectivity index (χ4v) is 3.57. The fraction of sp³-hybridized carbons (Fsp3) is 0.364. The Kier molecular flexibility index (Phi) is 5.46. The van der Waals surface area contributed by atoms with Crippen LogP contribution in [0.4, 0.5) is 4.79 Å². The lowest BCUT2D eigenvalue weighted by atomic mass is 9.89. The number of carbonyl (C=O) groups is 2. The summed E-state index contributed by atoms with van der Waals surface area (Å²) in [5, 5.41) is 0. The van der Waals surface area contributed by atoms with Crippen molar-refractivity contribution in [3.8, 4) is 11.5 Å². The number of carbonyl (C=O) groups excluding carboxylic acids is 2. The van der Waals surface area contributed by atoms with Crippen molar-refractivity contribution in [2.75, 3.05) is 26.3 Å². The Morgan fingerprint density at radius 1 is 0.964 bits per heavy atom. The van der Waals surface area contributed by atoms with E-state index in [1.54, 1.807) is 23.1 Å². The summed E-state index contributed by atoms with van der Waals surface area (Å²) in [4.78, 5) is 26.8. The molecule has 2 aromatic carbocycles. The van der Waals surface area contributed by atoms with Crippen molar-refractivity contribution in [1.82, 2.24) is 4.90 Å². The van der Waals surface area contributed by atoms with E-state index in [4.69, 9.17) is 14.2 Å². The number of Topliss-reactive ketones (excluding diaryl/α,β-unsaturated/α-hetero) is 1. The van der Waals surface area contributed by atoms with Gasteiger partial charge in [0.1, 0.15) is 19.8 Å². The normalized spacial score (nSPS) is 16.5. The standard InChI is InChI=1S/C22H23NO5/c24-21(18-6-7-19-20(14-18)27-13-12-26-19)17-8-10-23(11-9-17)22(25)28-15-16-4-2-1-3-5-16/h1-7,14,17H,8-13,15H2. The van der Waals surface area contributed by atoms with Crippen LogP contribution in [0.3, 0.4) is 0 Å². The highest BCUT2D eigenvalue weighted by Gasteiger charge is 2.29. The maximum absolute atomic E-state index is 12.8. The number of likely N-dealkylation sites (tertiary alicyclic amines) is 1. The van der Waals surface area contributed by atoms with Crippen LogP contribution >= 0.6 is 0 Å². The maximum atomic E-state index is 12.8. The van der Waals surface area contributed by atoms with Crippen molar-refractivity contribution in [3.63, 3.8) is 0 Å². The van der Waals surface area contributed by atoms with Gasteiger partial charge >= 0.3 is 6.09 Å². The van der Waals surface area contributed by atoms with E-state index in [1.807, 2.05) is 30.3 Å². The van der Waals surface area contributed by atoms with Crippen LogP contribution in [0.5, 0.6) is 11.5 Å². The molecule has 0 bridgehead atoms. The topological polar surface area (TPSA) is 65.1 Å². The lowest BCUT2D eigenvalue weighted by Gasteiger charge is -2.30. The number of hydrogen-bond donors (Lipinski definition) is 0. The fourth-order valence-electron chi connectivity index (χ4n) is 3.57. The molecule has 0 aromatic heterocycles. The molecule has 0 aliphatic carbocycles. The van der Waals surface area contributed by atoms with Gasteiger partial charge in [0.2, 0.25) is 0 Å². The van der Waals surface area contributed by atoms with E-state index in [0.717, 1.165) is 5.56 Å². The van der Waals surface area contributed by atoms with Crippen LogP contribution in [0, 0.1) is 5.92 Å². The molecule has 6 nitrogen and oxygen atoms in total. The van der Waals surface area contributed by atoms with Crippen LogP contribution in [0.25, 0.3) is 0 Å². The summed E-state index contributed by atoms with van der Waals surface area (Å²) >= 11 is 0. The molecule has 1 saturated heterocycles. The third-order valence-corrected chi connectivity index (χ3v) is 5.16. The summed E-state index contributed by atoms with van der Waals surface area (Å²) in [6.07, 6.45) is 0.940. The van der Waals surface area contributed by atoms with Crippen molar-refractivity contribution in [2.45, 2.75) is 19.4 Å². The molecule has 0 radical (unpaired) electrons. The SMILES string of the molecule is O=C(c1ccc2c(c1)OCCO2)C1CCN(C(=O)OCc2ccccc2)CC1. The highest BCUT2D eigenvalue weighted by atomic mass is 16.6. The monoisotopic (exact) mass is 381 g/mol. The van der Waals surface area contributed by atoms with Gasteiger partial charge < -0.3 is 19.1 Å². The first kappa shape index (κ1) is 18.3. The van der Waals surface area contributed by atoms with Gasteiger partial charge in [0.05, 0.1) is 0 Å². The molecule has 0 saturated carbocycles. The molecule has 28 heavy (non-hydrogen) atoms. The number of fused-ring (bicyclic) bond motifs is 1. The molecule has 1 fully saturated rings. The minimum atomic E-state index is -0.325. The molecule has 2 aliphatic rings.